The topological polar surface area (TPSA) is 72.7 Å². The molecule has 0 bridgehead atoms. The maximum absolute atomic E-state index is 12.9. The van der Waals surface area contributed by atoms with Crippen LogP contribution in [0, 0.1) is 10.1 Å². The fraction of sp³-hybridized carbons (Fsp3) is 0.278. The van der Waals surface area contributed by atoms with Gasteiger partial charge in [0.25, 0.3) is 5.69 Å². The molecule has 1 unspecified atom stereocenters. The van der Waals surface area contributed by atoms with Crippen LogP contribution < -0.4 is 4.90 Å². The second kappa shape index (κ2) is 7.23. The summed E-state index contributed by atoms with van der Waals surface area (Å²) in [7, 11) is 0. The smallest absolute Gasteiger partial charge is 0.273 e. The SMILES string of the molecule is O=C(Cc1ccccc1[N+](=O)[O-])N(c1ccccc1)C1CCOC1. The first-order valence-corrected chi connectivity index (χ1v) is 7.84. The number of ether oxygens (including phenoxy) is 1. The van der Waals surface area contributed by atoms with Gasteiger partial charge in [-0.15, -0.1) is 0 Å². The van der Waals surface area contributed by atoms with E-state index in [0.717, 1.165) is 12.1 Å². The van der Waals surface area contributed by atoms with Gasteiger partial charge in [0.2, 0.25) is 5.91 Å². The van der Waals surface area contributed by atoms with Crippen molar-refractivity contribution in [1.82, 2.24) is 0 Å². The monoisotopic (exact) mass is 326 g/mol. The van der Waals surface area contributed by atoms with Crippen LogP contribution in [-0.4, -0.2) is 30.1 Å². The van der Waals surface area contributed by atoms with Crippen LogP contribution in [0.4, 0.5) is 11.4 Å². The number of hydrogen-bond acceptors (Lipinski definition) is 4. The first-order valence-electron chi connectivity index (χ1n) is 7.84. The molecule has 2 aromatic rings. The number of amides is 1. The van der Waals surface area contributed by atoms with E-state index in [9.17, 15) is 14.9 Å². The van der Waals surface area contributed by atoms with E-state index < -0.39 is 4.92 Å². The van der Waals surface area contributed by atoms with Crippen LogP contribution in [0.1, 0.15) is 12.0 Å². The van der Waals surface area contributed by atoms with Crippen molar-refractivity contribution in [2.75, 3.05) is 18.1 Å². The lowest BCUT2D eigenvalue weighted by Crippen LogP contribution is -2.41. The van der Waals surface area contributed by atoms with Crippen LogP contribution in [0.25, 0.3) is 0 Å². The van der Waals surface area contributed by atoms with Crippen molar-refractivity contribution < 1.29 is 14.5 Å². The van der Waals surface area contributed by atoms with E-state index in [1.54, 1.807) is 23.1 Å². The van der Waals surface area contributed by atoms with Crippen LogP contribution in [0.3, 0.4) is 0 Å². The van der Waals surface area contributed by atoms with Gasteiger partial charge in [0, 0.05) is 23.9 Å². The van der Waals surface area contributed by atoms with Gasteiger partial charge in [-0.2, -0.15) is 0 Å². The number of rotatable bonds is 5. The van der Waals surface area contributed by atoms with Crippen LogP contribution in [0.5, 0.6) is 0 Å². The largest absolute Gasteiger partial charge is 0.379 e. The van der Waals surface area contributed by atoms with Crippen LogP contribution in [0.15, 0.2) is 54.6 Å². The van der Waals surface area contributed by atoms with E-state index in [1.807, 2.05) is 30.3 Å². The van der Waals surface area contributed by atoms with Gasteiger partial charge >= 0.3 is 0 Å². The Morgan fingerprint density at radius 2 is 1.88 bits per heavy atom. The van der Waals surface area contributed by atoms with E-state index in [1.165, 1.54) is 6.07 Å². The maximum Gasteiger partial charge on any atom is 0.273 e. The van der Waals surface area contributed by atoms with Crippen LogP contribution in [0.2, 0.25) is 0 Å². The average molecular weight is 326 g/mol. The number of nitro groups is 1. The number of para-hydroxylation sites is 2. The highest BCUT2D eigenvalue weighted by Crippen LogP contribution is 2.25. The molecule has 1 aliphatic rings. The zero-order chi connectivity index (χ0) is 16.9. The molecule has 1 aliphatic heterocycles. The summed E-state index contributed by atoms with van der Waals surface area (Å²) in [6.07, 6.45) is 0.750. The third-order valence-electron chi connectivity index (χ3n) is 4.10. The molecule has 6 nitrogen and oxygen atoms in total. The molecule has 2 aromatic carbocycles. The van der Waals surface area contributed by atoms with Crippen molar-refractivity contribution in [2.24, 2.45) is 0 Å². The molecule has 3 rings (SSSR count). The Morgan fingerprint density at radius 3 is 2.54 bits per heavy atom. The van der Waals surface area contributed by atoms with Crippen molar-refractivity contribution in [3.8, 4) is 0 Å². The molecule has 0 radical (unpaired) electrons. The van der Waals surface area contributed by atoms with Crippen LogP contribution >= 0.6 is 0 Å². The average Bonchev–Trinajstić information content (AvgIpc) is 3.10. The second-order valence-corrected chi connectivity index (χ2v) is 5.68. The highest BCUT2D eigenvalue weighted by Gasteiger charge is 2.29. The number of carbonyl (C=O) groups excluding carboxylic acids is 1. The fourth-order valence-electron chi connectivity index (χ4n) is 2.96. The highest BCUT2D eigenvalue weighted by molar-refractivity contribution is 5.95. The van der Waals surface area contributed by atoms with Gasteiger partial charge in [0.1, 0.15) is 0 Å². The summed E-state index contributed by atoms with van der Waals surface area (Å²) in [5, 5.41) is 11.2. The third-order valence-corrected chi connectivity index (χ3v) is 4.10. The predicted octanol–water partition coefficient (Wildman–Crippen LogP) is 2.96. The summed E-state index contributed by atoms with van der Waals surface area (Å²) in [4.78, 5) is 25.3. The Morgan fingerprint density at radius 1 is 1.17 bits per heavy atom. The summed E-state index contributed by atoms with van der Waals surface area (Å²) in [5.41, 5.74) is 1.19. The molecule has 0 aliphatic carbocycles. The maximum atomic E-state index is 12.9. The van der Waals surface area contributed by atoms with Gasteiger partial charge < -0.3 is 9.64 Å². The zero-order valence-electron chi connectivity index (χ0n) is 13.1. The molecule has 24 heavy (non-hydrogen) atoms. The number of hydrogen-bond donors (Lipinski definition) is 0. The molecule has 1 atom stereocenters. The first kappa shape index (κ1) is 16.1. The van der Waals surface area contributed by atoms with E-state index in [4.69, 9.17) is 4.74 Å². The molecule has 0 aromatic heterocycles. The number of benzene rings is 2. The Kier molecular flexibility index (Phi) is 4.86. The van der Waals surface area contributed by atoms with Crippen molar-refractivity contribution in [3.05, 3.63) is 70.3 Å². The number of nitro benzene ring substituents is 1. The number of carbonyl (C=O) groups is 1. The van der Waals surface area contributed by atoms with E-state index in [2.05, 4.69) is 0 Å². The number of nitrogens with zero attached hydrogens (tertiary/aromatic N) is 2. The Balaban J connectivity index is 1.88. The van der Waals surface area contributed by atoms with E-state index >= 15 is 0 Å². The van der Waals surface area contributed by atoms with Gasteiger partial charge in [-0.25, -0.2) is 0 Å². The van der Waals surface area contributed by atoms with Crippen LogP contribution in [-0.2, 0) is 16.0 Å². The second-order valence-electron chi connectivity index (χ2n) is 5.68. The normalized spacial score (nSPS) is 16.8. The quantitative estimate of drug-likeness (QED) is 0.625. The van der Waals surface area contributed by atoms with E-state index in [0.29, 0.717) is 18.8 Å². The molecular formula is C18H18N2O4. The lowest BCUT2D eigenvalue weighted by atomic mass is 10.1. The van der Waals surface area contributed by atoms with Crippen molar-refractivity contribution >= 4 is 17.3 Å². The molecule has 0 saturated carbocycles. The zero-order valence-corrected chi connectivity index (χ0v) is 13.1. The van der Waals surface area contributed by atoms with Gasteiger partial charge in [0.05, 0.1) is 24.0 Å². The molecule has 1 heterocycles. The first-order chi connectivity index (χ1) is 11.7. The molecule has 6 heteroatoms. The van der Waals surface area contributed by atoms with Gasteiger partial charge in [-0.1, -0.05) is 36.4 Å². The summed E-state index contributed by atoms with van der Waals surface area (Å²) in [6.45, 7) is 1.10. The summed E-state index contributed by atoms with van der Waals surface area (Å²) in [6, 6.07) is 15.7. The summed E-state index contributed by atoms with van der Waals surface area (Å²) in [5.74, 6) is -0.161. The standard InChI is InChI=1S/C18H18N2O4/c21-18(12-14-6-4-5-9-17(14)20(22)23)19(16-10-11-24-13-16)15-7-2-1-3-8-15/h1-9,16H,10-13H2. The molecule has 0 spiro atoms. The highest BCUT2D eigenvalue weighted by atomic mass is 16.6. The minimum absolute atomic E-state index is 0.0114. The minimum Gasteiger partial charge on any atom is -0.379 e. The molecule has 0 N–H and O–H groups in total. The molecule has 124 valence electrons. The predicted molar refractivity (Wildman–Crippen MR) is 90.0 cm³/mol. The summed E-state index contributed by atoms with van der Waals surface area (Å²) >= 11 is 0. The van der Waals surface area contributed by atoms with Crippen molar-refractivity contribution in [3.63, 3.8) is 0 Å². The van der Waals surface area contributed by atoms with E-state index in [-0.39, 0.29) is 24.1 Å². The Hall–Kier alpha value is -2.73. The lowest BCUT2D eigenvalue weighted by Gasteiger charge is -2.28. The van der Waals surface area contributed by atoms with Crippen molar-refractivity contribution in [1.29, 1.82) is 0 Å². The lowest BCUT2D eigenvalue weighted by molar-refractivity contribution is -0.385. The molecule has 1 fully saturated rings. The Bertz CT molecular complexity index is 727. The Labute approximate surface area is 139 Å². The van der Waals surface area contributed by atoms with Gasteiger partial charge in [-0.3, -0.25) is 14.9 Å². The minimum atomic E-state index is -0.450. The molecule has 1 saturated heterocycles. The third kappa shape index (κ3) is 3.44. The number of anilines is 1. The van der Waals surface area contributed by atoms with Gasteiger partial charge in [0.15, 0.2) is 0 Å². The van der Waals surface area contributed by atoms with Gasteiger partial charge in [-0.05, 0) is 18.6 Å². The molecule has 1 amide bonds. The molecular weight excluding hydrogens is 308 g/mol. The van der Waals surface area contributed by atoms with Crippen molar-refractivity contribution in [2.45, 2.75) is 18.9 Å². The fourth-order valence-corrected chi connectivity index (χ4v) is 2.96. The summed E-state index contributed by atoms with van der Waals surface area (Å²) < 4.78 is 5.42.